The Labute approximate surface area is 203 Å². The molecule has 1 aliphatic rings. The molecule has 0 atom stereocenters. The lowest BCUT2D eigenvalue weighted by molar-refractivity contribution is 0.101. The van der Waals surface area contributed by atoms with Gasteiger partial charge in [-0.3, -0.25) is 14.5 Å². The molecule has 0 unspecified atom stereocenters. The van der Waals surface area contributed by atoms with Gasteiger partial charge in [-0.2, -0.15) is 0 Å². The molecule has 0 radical (unpaired) electrons. The molecule has 178 valence electrons. The monoisotopic (exact) mass is 480 g/mol. The van der Waals surface area contributed by atoms with E-state index in [1.54, 1.807) is 12.1 Å². The van der Waals surface area contributed by atoms with Crippen LogP contribution in [0.1, 0.15) is 38.1 Å². The lowest BCUT2D eigenvalue weighted by Gasteiger charge is -2.34. The minimum Gasteiger partial charge on any atom is -0.321 e. The number of rotatable bonds is 7. The normalized spacial score (nSPS) is 14.7. The van der Waals surface area contributed by atoms with Crippen LogP contribution in [-0.2, 0) is 6.54 Å². The second kappa shape index (κ2) is 10.9. The maximum Gasteiger partial charge on any atom is 0.266 e. The number of hydrogen-bond donors (Lipinski definition) is 2. The Balaban J connectivity index is 1.34. The zero-order chi connectivity index (χ0) is 24.1. The van der Waals surface area contributed by atoms with E-state index in [1.807, 2.05) is 31.2 Å². The lowest BCUT2D eigenvalue weighted by Crippen LogP contribution is -2.45. The van der Waals surface area contributed by atoms with Crippen molar-refractivity contribution < 1.29 is 14.0 Å². The van der Waals surface area contributed by atoms with Gasteiger partial charge in [0.1, 0.15) is 5.82 Å². The quantitative estimate of drug-likeness (QED) is 0.508. The van der Waals surface area contributed by atoms with Crippen molar-refractivity contribution in [3.63, 3.8) is 0 Å². The van der Waals surface area contributed by atoms with Crippen molar-refractivity contribution in [2.75, 3.05) is 43.4 Å². The number of likely N-dealkylation sites (N-methyl/N-ethyl adjacent to an activating group) is 1. The van der Waals surface area contributed by atoms with Gasteiger partial charge in [-0.25, -0.2) is 4.39 Å². The second-order valence-electron chi connectivity index (χ2n) is 8.45. The van der Waals surface area contributed by atoms with Crippen LogP contribution in [-0.4, -0.2) is 54.3 Å². The predicted octanol–water partition coefficient (Wildman–Crippen LogP) is 4.84. The maximum atomic E-state index is 13.4. The van der Waals surface area contributed by atoms with E-state index >= 15 is 0 Å². The minimum absolute atomic E-state index is 0.225. The first-order chi connectivity index (χ1) is 16.4. The van der Waals surface area contributed by atoms with Gasteiger partial charge in [-0.15, -0.1) is 11.3 Å². The van der Waals surface area contributed by atoms with Crippen LogP contribution in [0.4, 0.5) is 15.1 Å². The molecule has 1 aromatic heterocycles. The summed E-state index contributed by atoms with van der Waals surface area (Å²) < 4.78 is 13.4. The number of anilines is 2. The zero-order valence-electron chi connectivity index (χ0n) is 19.4. The molecule has 34 heavy (non-hydrogen) atoms. The number of carbonyl (C=O) groups excluding carboxylic acids is 2. The molecule has 0 spiro atoms. The fraction of sp³-hybridized carbons (Fsp3) is 0.308. The molecule has 4 rings (SSSR count). The van der Waals surface area contributed by atoms with Crippen molar-refractivity contribution in [1.82, 2.24) is 9.80 Å². The van der Waals surface area contributed by atoms with Gasteiger partial charge in [0.05, 0.1) is 9.88 Å². The summed E-state index contributed by atoms with van der Waals surface area (Å²) in [7, 11) is 0. The third-order valence-corrected chi connectivity index (χ3v) is 7.13. The van der Waals surface area contributed by atoms with Crippen molar-refractivity contribution in [3.8, 4) is 0 Å². The molecule has 2 aromatic carbocycles. The average molecular weight is 481 g/mol. The third-order valence-electron chi connectivity index (χ3n) is 5.98. The second-order valence-corrected chi connectivity index (χ2v) is 9.50. The first kappa shape index (κ1) is 24.1. The van der Waals surface area contributed by atoms with Crippen molar-refractivity contribution >= 4 is 33.8 Å². The summed E-state index contributed by atoms with van der Waals surface area (Å²) in [6, 6.07) is 15.2. The molecule has 8 heteroatoms. The number of nitrogens with zero attached hydrogens (tertiary/aromatic N) is 2. The summed E-state index contributed by atoms with van der Waals surface area (Å²) in [5.74, 6) is -1.11. The smallest absolute Gasteiger partial charge is 0.266 e. The number of nitrogens with one attached hydrogen (secondary N) is 2. The Morgan fingerprint density at radius 1 is 0.941 bits per heavy atom. The van der Waals surface area contributed by atoms with Crippen LogP contribution in [0.3, 0.4) is 0 Å². The molecule has 0 aliphatic carbocycles. The zero-order valence-corrected chi connectivity index (χ0v) is 20.3. The lowest BCUT2D eigenvalue weighted by atomic mass is 10.1. The Kier molecular flexibility index (Phi) is 7.72. The number of carbonyl (C=O) groups is 2. The molecule has 1 aliphatic heterocycles. The number of piperazine rings is 1. The summed E-state index contributed by atoms with van der Waals surface area (Å²) in [4.78, 5) is 30.6. The van der Waals surface area contributed by atoms with Crippen LogP contribution in [0.15, 0.2) is 54.6 Å². The van der Waals surface area contributed by atoms with E-state index in [9.17, 15) is 14.0 Å². The van der Waals surface area contributed by atoms with Gasteiger partial charge >= 0.3 is 0 Å². The molecule has 2 amide bonds. The van der Waals surface area contributed by atoms with Crippen molar-refractivity contribution in [3.05, 3.63) is 82.0 Å². The molecule has 6 nitrogen and oxygen atoms in total. The summed E-state index contributed by atoms with van der Waals surface area (Å²) in [5.41, 5.74) is 2.93. The fourth-order valence-electron chi connectivity index (χ4n) is 3.99. The SMILES string of the molecule is CCN1CCN(Cc2ccc(NC(=O)c3sc(NC(=O)c4cccc(F)c4)cc3C)cc2)CC1. The van der Waals surface area contributed by atoms with Gasteiger partial charge in [0, 0.05) is 44.0 Å². The molecule has 0 saturated carbocycles. The Hall–Kier alpha value is -3.07. The first-order valence-electron chi connectivity index (χ1n) is 11.4. The highest BCUT2D eigenvalue weighted by Crippen LogP contribution is 2.28. The highest BCUT2D eigenvalue weighted by atomic mass is 32.1. The van der Waals surface area contributed by atoms with E-state index in [1.165, 1.54) is 35.1 Å². The van der Waals surface area contributed by atoms with Crippen molar-refractivity contribution in [1.29, 1.82) is 0 Å². The van der Waals surface area contributed by atoms with Crippen molar-refractivity contribution in [2.45, 2.75) is 20.4 Å². The summed E-state index contributed by atoms with van der Waals surface area (Å²) in [6.45, 7) is 10.4. The van der Waals surface area contributed by atoms with E-state index in [0.717, 1.165) is 50.5 Å². The molecule has 1 saturated heterocycles. The van der Waals surface area contributed by atoms with Gasteiger partial charge in [0.2, 0.25) is 0 Å². The number of amides is 2. The molecule has 0 bridgehead atoms. The number of benzene rings is 2. The average Bonchev–Trinajstić information content (AvgIpc) is 3.20. The highest BCUT2D eigenvalue weighted by Gasteiger charge is 2.17. The van der Waals surface area contributed by atoms with E-state index in [0.29, 0.717) is 9.88 Å². The first-order valence-corrected chi connectivity index (χ1v) is 12.3. The van der Waals surface area contributed by atoms with Crippen LogP contribution in [0.2, 0.25) is 0 Å². The minimum atomic E-state index is -0.472. The van der Waals surface area contributed by atoms with Gasteiger partial charge in [0.25, 0.3) is 11.8 Å². The number of hydrogen-bond acceptors (Lipinski definition) is 5. The Morgan fingerprint density at radius 3 is 2.32 bits per heavy atom. The molecular weight excluding hydrogens is 451 g/mol. The molecule has 3 aromatic rings. The molecular formula is C26H29FN4O2S. The summed E-state index contributed by atoms with van der Waals surface area (Å²) in [5, 5.41) is 6.22. The van der Waals surface area contributed by atoms with Crippen molar-refractivity contribution in [2.24, 2.45) is 0 Å². The topological polar surface area (TPSA) is 64.7 Å². The fourth-order valence-corrected chi connectivity index (χ4v) is 4.95. The van der Waals surface area contributed by atoms with E-state index in [-0.39, 0.29) is 11.5 Å². The molecule has 1 fully saturated rings. The largest absolute Gasteiger partial charge is 0.321 e. The van der Waals surface area contributed by atoms with E-state index in [2.05, 4.69) is 27.4 Å². The van der Waals surface area contributed by atoms with Crippen LogP contribution in [0.5, 0.6) is 0 Å². The number of aryl methyl sites for hydroxylation is 1. The Morgan fingerprint density at radius 2 is 1.65 bits per heavy atom. The van der Waals surface area contributed by atoms with Crippen LogP contribution in [0.25, 0.3) is 0 Å². The van der Waals surface area contributed by atoms with Crippen LogP contribution < -0.4 is 10.6 Å². The van der Waals surface area contributed by atoms with Gasteiger partial charge in [-0.1, -0.05) is 25.1 Å². The molecule has 2 heterocycles. The van der Waals surface area contributed by atoms with Crippen LogP contribution in [0, 0.1) is 12.7 Å². The van der Waals surface area contributed by atoms with Crippen LogP contribution >= 0.6 is 11.3 Å². The third kappa shape index (κ3) is 6.08. The van der Waals surface area contributed by atoms with E-state index < -0.39 is 11.7 Å². The predicted molar refractivity (Wildman–Crippen MR) is 135 cm³/mol. The molecule has 2 N–H and O–H groups in total. The maximum absolute atomic E-state index is 13.4. The Bertz CT molecular complexity index is 1150. The van der Waals surface area contributed by atoms with Gasteiger partial charge in [0.15, 0.2) is 0 Å². The summed E-state index contributed by atoms with van der Waals surface area (Å²) in [6.07, 6.45) is 0. The van der Waals surface area contributed by atoms with E-state index in [4.69, 9.17) is 0 Å². The number of thiophene rings is 1. The number of halogens is 1. The highest BCUT2D eigenvalue weighted by molar-refractivity contribution is 7.18. The standard InChI is InChI=1S/C26H29FN4O2S/c1-3-30-11-13-31(14-12-30)17-19-7-9-22(10-8-19)28-26(33)24-18(2)15-23(34-24)29-25(32)20-5-4-6-21(27)16-20/h4-10,15-16H,3,11-14,17H2,1-2H3,(H,28,33)(H,29,32). The summed E-state index contributed by atoms with van der Waals surface area (Å²) >= 11 is 1.19. The van der Waals surface area contributed by atoms with Gasteiger partial charge < -0.3 is 15.5 Å². The van der Waals surface area contributed by atoms with Gasteiger partial charge in [-0.05, 0) is 61.0 Å².